The van der Waals surface area contributed by atoms with Crippen LogP contribution in [0.2, 0.25) is 5.02 Å². The molecule has 0 aliphatic carbocycles. The Kier molecular flexibility index (Phi) is 5.40. The van der Waals surface area contributed by atoms with Crippen LogP contribution in [0.5, 0.6) is 0 Å². The van der Waals surface area contributed by atoms with Crippen molar-refractivity contribution in [1.29, 1.82) is 0 Å². The van der Waals surface area contributed by atoms with Crippen molar-refractivity contribution in [2.45, 2.75) is 12.5 Å². The fourth-order valence-electron chi connectivity index (χ4n) is 1.94. The summed E-state index contributed by atoms with van der Waals surface area (Å²) in [6.07, 6.45) is 0.766. The number of rotatable bonds is 5. The first-order valence-electron chi connectivity index (χ1n) is 6.27. The van der Waals surface area contributed by atoms with Gasteiger partial charge in [-0.2, -0.15) is 0 Å². The third-order valence-corrected chi connectivity index (χ3v) is 4.65. The molecule has 0 bridgehead atoms. The maximum absolute atomic E-state index is 12.4. The number of carbonyl (C=O) groups is 3. The molecule has 6 nitrogen and oxygen atoms in total. The van der Waals surface area contributed by atoms with Gasteiger partial charge in [0.1, 0.15) is 10.4 Å². The van der Waals surface area contributed by atoms with E-state index in [9.17, 15) is 19.5 Å². The summed E-state index contributed by atoms with van der Waals surface area (Å²) in [5.74, 6) is -3.40. The molecule has 9 heteroatoms. The summed E-state index contributed by atoms with van der Waals surface area (Å²) in [4.78, 5) is 35.5. The molecule has 0 spiro atoms. The van der Waals surface area contributed by atoms with Crippen LogP contribution in [0.25, 0.3) is 6.08 Å². The molecule has 1 amide bonds. The molecule has 1 aromatic carbocycles. The van der Waals surface area contributed by atoms with Crippen LogP contribution in [0.15, 0.2) is 29.2 Å². The fourth-order valence-corrected chi connectivity index (χ4v) is 3.47. The number of thiocarbonyl (C=S) groups is 1. The zero-order chi connectivity index (χ0) is 17.1. The highest BCUT2D eigenvalue weighted by Gasteiger charge is 2.41. The molecule has 120 valence electrons. The van der Waals surface area contributed by atoms with Gasteiger partial charge in [0.2, 0.25) is 0 Å². The molecule has 1 aliphatic heterocycles. The Labute approximate surface area is 145 Å². The van der Waals surface area contributed by atoms with Crippen molar-refractivity contribution in [2.24, 2.45) is 0 Å². The first-order valence-corrected chi connectivity index (χ1v) is 7.87. The molecular formula is C14H10ClNO5S2. The molecule has 0 radical (unpaired) electrons. The van der Waals surface area contributed by atoms with Gasteiger partial charge < -0.3 is 10.2 Å². The Morgan fingerprint density at radius 2 is 2.00 bits per heavy atom. The quantitative estimate of drug-likeness (QED) is 0.606. The van der Waals surface area contributed by atoms with Crippen LogP contribution < -0.4 is 0 Å². The van der Waals surface area contributed by atoms with Crippen molar-refractivity contribution in [3.8, 4) is 0 Å². The van der Waals surface area contributed by atoms with Crippen LogP contribution in [0.1, 0.15) is 12.0 Å². The van der Waals surface area contributed by atoms with E-state index < -0.39 is 30.3 Å². The second kappa shape index (κ2) is 7.12. The maximum Gasteiger partial charge on any atom is 0.327 e. The Hall–Kier alpha value is -1.90. The van der Waals surface area contributed by atoms with Crippen molar-refractivity contribution in [2.75, 3.05) is 0 Å². The van der Waals surface area contributed by atoms with Crippen LogP contribution in [-0.2, 0) is 14.4 Å². The van der Waals surface area contributed by atoms with Gasteiger partial charge in [0, 0.05) is 5.02 Å². The fraction of sp³-hybridized carbons (Fsp3) is 0.143. The van der Waals surface area contributed by atoms with Crippen molar-refractivity contribution >= 4 is 63.8 Å². The molecule has 1 saturated heterocycles. The molecule has 1 atom stereocenters. The number of amides is 1. The molecule has 23 heavy (non-hydrogen) atoms. The first-order chi connectivity index (χ1) is 10.8. The van der Waals surface area contributed by atoms with Gasteiger partial charge in [-0.15, -0.1) is 0 Å². The molecule has 1 fully saturated rings. The topological polar surface area (TPSA) is 94.9 Å². The van der Waals surface area contributed by atoms with Crippen LogP contribution in [0, 0.1) is 0 Å². The standard InChI is InChI=1S/C14H10ClNO5S2/c15-8-4-2-1-3-7(8)5-10-12(19)16(14(22)23-10)9(13(20)21)6-11(17)18/h1-5,9H,6H2,(H,17,18)(H,20,21)/b10-5-/t9-/m1/s1. The number of hydrogen-bond acceptors (Lipinski definition) is 5. The van der Waals surface area contributed by atoms with E-state index in [2.05, 4.69) is 0 Å². The van der Waals surface area contributed by atoms with Gasteiger partial charge >= 0.3 is 11.9 Å². The zero-order valence-electron chi connectivity index (χ0n) is 11.4. The summed E-state index contributed by atoms with van der Waals surface area (Å²) >= 11 is 12.0. The molecular weight excluding hydrogens is 362 g/mol. The minimum absolute atomic E-state index is 0.00181. The summed E-state index contributed by atoms with van der Waals surface area (Å²) in [5, 5.41) is 18.4. The van der Waals surface area contributed by atoms with Gasteiger partial charge in [-0.25, -0.2) is 4.79 Å². The number of hydrogen-bond donors (Lipinski definition) is 2. The third kappa shape index (κ3) is 3.90. The van der Waals surface area contributed by atoms with Crippen LogP contribution in [0.3, 0.4) is 0 Å². The lowest BCUT2D eigenvalue weighted by Gasteiger charge is -2.21. The summed E-state index contributed by atoms with van der Waals surface area (Å²) < 4.78 is 0.00181. The monoisotopic (exact) mass is 371 g/mol. The molecule has 2 rings (SSSR count). The molecule has 1 aliphatic rings. The largest absolute Gasteiger partial charge is 0.481 e. The van der Waals surface area contributed by atoms with Crippen LogP contribution >= 0.6 is 35.6 Å². The second-order valence-corrected chi connectivity index (χ2v) is 6.61. The number of carbonyl (C=O) groups excluding carboxylic acids is 1. The predicted octanol–water partition coefficient (Wildman–Crippen LogP) is 2.47. The van der Waals surface area contributed by atoms with E-state index in [0.29, 0.717) is 10.6 Å². The zero-order valence-corrected chi connectivity index (χ0v) is 13.8. The highest BCUT2D eigenvalue weighted by atomic mass is 35.5. The Bertz CT molecular complexity index is 734. The minimum atomic E-state index is -1.54. The van der Waals surface area contributed by atoms with E-state index in [-0.39, 0.29) is 9.23 Å². The number of benzene rings is 1. The van der Waals surface area contributed by atoms with Crippen LogP contribution in [-0.4, -0.2) is 43.3 Å². The van der Waals surface area contributed by atoms with Gasteiger partial charge in [-0.1, -0.05) is 53.8 Å². The molecule has 2 N–H and O–H groups in total. The third-order valence-electron chi connectivity index (χ3n) is 2.98. The average Bonchev–Trinajstić information content (AvgIpc) is 2.73. The highest BCUT2D eigenvalue weighted by molar-refractivity contribution is 8.26. The minimum Gasteiger partial charge on any atom is -0.481 e. The Morgan fingerprint density at radius 1 is 1.35 bits per heavy atom. The van der Waals surface area contributed by atoms with Gasteiger partial charge in [0.15, 0.2) is 0 Å². The Morgan fingerprint density at radius 3 is 2.57 bits per heavy atom. The number of carboxylic acid groups (broad SMARTS) is 2. The Balaban J connectivity index is 2.34. The van der Waals surface area contributed by atoms with E-state index in [0.717, 1.165) is 16.7 Å². The predicted molar refractivity (Wildman–Crippen MR) is 90.1 cm³/mol. The number of carboxylic acids is 2. The van der Waals surface area contributed by atoms with Crippen molar-refractivity contribution in [3.63, 3.8) is 0 Å². The first kappa shape index (κ1) is 17.5. The lowest BCUT2D eigenvalue weighted by atomic mass is 10.1. The molecule has 0 aromatic heterocycles. The van der Waals surface area contributed by atoms with E-state index in [1.165, 1.54) is 6.08 Å². The van der Waals surface area contributed by atoms with Crippen molar-refractivity contribution in [3.05, 3.63) is 39.8 Å². The summed E-state index contributed by atoms with van der Waals surface area (Å²) in [7, 11) is 0. The lowest BCUT2D eigenvalue weighted by Crippen LogP contribution is -2.45. The SMILES string of the molecule is O=C(O)C[C@H](C(=O)O)N1C(=O)/C(=C/c2ccccc2Cl)SC1=S. The van der Waals surface area contributed by atoms with Gasteiger partial charge in [0.25, 0.3) is 5.91 Å². The van der Waals surface area contributed by atoms with Crippen molar-refractivity contribution < 1.29 is 24.6 Å². The van der Waals surface area contributed by atoms with E-state index in [1.54, 1.807) is 24.3 Å². The normalized spacial score (nSPS) is 17.6. The second-order valence-electron chi connectivity index (χ2n) is 4.53. The van der Waals surface area contributed by atoms with E-state index in [1.807, 2.05) is 0 Å². The van der Waals surface area contributed by atoms with E-state index in [4.69, 9.17) is 28.9 Å². The van der Waals surface area contributed by atoms with Gasteiger partial charge in [-0.05, 0) is 17.7 Å². The lowest BCUT2D eigenvalue weighted by molar-refractivity contribution is -0.150. The van der Waals surface area contributed by atoms with Gasteiger partial charge in [-0.3, -0.25) is 14.5 Å². The molecule has 1 heterocycles. The molecule has 1 aromatic rings. The average molecular weight is 372 g/mol. The van der Waals surface area contributed by atoms with Crippen LogP contribution in [0.4, 0.5) is 0 Å². The summed E-state index contributed by atoms with van der Waals surface area (Å²) in [6, 6.07) is 5.28. The molecule has 0 saturated carbocycles. The summed E-state index contributed by atoms with van der Waals surface area (Å²) in [5.41, 5.74) is 0.583. The van der Waals surface area contributed by atoms with Crippen molar-refractivity contribution in [1.82, 2.24) is 4.90 Å². The highest BCUT2D eigenvalue weighted by Crippen LogP contribution is 2.35. The number of nitrogens with zero attached hydrogens (tertiary/aromatic N) is 1. The number of halogens is 1. The maximum atomic E-state index is 12.4. The van der Waals surface area contributed by atoms with Gasteiger partial charge in [0.05, 0.1) is 11.3 Å². The smallest absolute Gasteiger partial charge is 0.327 e. The molecule has 0 unspecified atom stereocenters. The number of thioether (sulfide) groups is 1. The number of aliphatic carboxylic acids is 2. The van der Waals surface area contributed by atoms with E-state index >= 15 is 0 Å². The summed E-state index contributed by atoms with van der Waals surface area (Å²) in [6.45, 7) is 0.